The Morgan fingerprint density at radius 3 is 2.59 bits per heavy atom. The number of carbonyl (C=O) groups excluding carboxylic acids is 1. The molecule has 22 heavy (non-hydrogen) atoms. The number of piperidine rings is 1. The van der Waals surface area contributed by atoms with Crippen LogP contribution in [0.1, 0.15) is 24.5 Å². The SMILES string of the molecule is CN=C(NCc1nnc(C)n1C)N1CCC(C(=O)OC)CC1. The average Bonchev–Trinajstić information content (AvgIpc) is 2.87. The number of aryl methyl sites for hydroxylation is 1. The van der Waals surface area contributed by atoms with Gasteiger partial charge in [-0.1, -0.05) is 0 Å². The molecular weight excluding hydrogens is 284 g/mol. The van der Waals surface area contributed by atoms with Crippen molar-refractivity contribution in [2.75, 3.05) is 27.2 Å². The van der Waals surface area contributed by atoms with Gasteiger partial charge in [0.2, 0.25) is 0 Å². The smallest absolute Gasteiger partial charge is 0.308 e. The zero-order valence-electron chi connectivity index (χ0n) is 13.7. The van der Waals surface area contributed by atoms with Crippen molar-refractivity contribution in [1.82, 2.24) is 25.0 Å². The molecule has 122 valence electrons. The molecule has 0 atom stereocenters. The first kappa shape index (κ1) is 16.3. The molecule has 0 spiro atoms. The van der Waals surface area contributed by atoms with Gasteiger partial charge < -0.3 is 19.5 Å². The Bertz CT molecular complexity index is 546. The third-order valence-corrected chi connectivity index (χ3v) is 4.13. The number of aliphatic imine (C=N–C) groups is 1. The molecule has 2 rings (SSSR count). The number of carbonyl (C=O) groups is 1. The molecule has 0 aliphatic carbocycles. The molecule has 0 saturated carbocycles. The van der Waals surface area contributed by atoms with Crippen molar-refractivity contribution >= 4 is 11.9 Å². The predicted molar refractivity (Wildman–Crippen MR) is 82.3 cm³/mol. The summed E-state index contributed by atoms with van der Waals surface area (Å²) in [7, 11) is 5.14. The molecule has 0 radical (unpaired) electrons. The van der Waals surface area contributed by atoms with E-state index < -0.39 is 0 Å². The normalized spacial score (nSPS) is 16.7. The summed E-state index contributed by atoms with van der Waals surface area (Å²) in [6, 6.07) is 0. The Labute approximate surface area is 130 Å². The van der Waals surface area contributed by atoms with Gasteiger partial charge in [-0.3, -0.25) is 9.79 Å². The van der Waals surface area contributed by atoms with Crippen molar-refractivity contribution in [2.24, 2.45) is 18.0 Å². The lowest BCUT2D eigenvalue weighted by molar-refractivity contribution is -0.146. The fraction of sp³-hybridized carbons (Fsp3) is 0.714. The second kappa shape index (κ2) is 7.24. The van der Waals surface area contributed by atoms with E-state index in [-0.39, 0.29) is 11.9 Å². The standard InChI is InChI=1S/C14H24N6O2/c1-10-17-18-12(19(10)3)9-16-14(15-2)20-7-5-11(6-8-20)13(21)22-4/h11H,5-9H2,1-4H3,(H,15,16). The molecule has 1 aliphatic heterocycles. The van der Waals surface area contributed by atoms with E-state index in [0.29, 0.717) is 6.54 Å². The van der Waals surface area contributed by atoms with Crippen molar-refractivity contribution in [1.29, 1.82) is 0 Å². The van der Waals surface area contributed by atoms with Gasteiger partial charge in [-0.2, -0.15) is 0 Å². The van der Waals surface area contributed by atoms with Crippen LogP contribution in [0, 0.1) is 12.8 Å². The Balaban J connectivity index is 1.88. The Kier molecular flexibility index (Phi) is 5.35. The van der Waals surface area contributed by atoms with E-state index in [1.165, 1.54) is 7.11 Å². The van der Waals surface area contributed by atoms with Crippen LogP contribution in [0.2, 0.25) is 0 Å². The van der Waals surface area contributed by atoms with E-state index in [0.717, 1.165) is 43.5 Å². The van der Waals surface area contributed by atoms with Gasteiger partial charge in [-0.25, -0.2) is 0 Å². The largest absolute Gasteiger partial charge is 0.469 e. The second-order valence-electron chi connectivity index (χ2n) is 5.41. The molecule has 0 bridgehead atoms. The van der Waals surface area contributed by atoms with Gasteiger partial charge in [0.25, 0.3) is 0 Å². The van der Waals surface area contributed by atoms with Crippen LogP contribution < -0.4 is 5.32 Å². The first-order valence-electron chi connectivity index (χ1n) is 7.45. The van der Waals surface area contributed by atoms with Crippen molar-refractivity contribution in [3.05, 3.63) is 11.6 Å². The van der Waals surface area contributed by atoms with E-state index in [4.69, 9.17) is 4.74 Å². The van der Waals surface area contributed by atoms with E-state index in [1.807, 2.05) is 18.5 Å². The van der Waals surface area contributed by atoms with Crippen LogP contribution >= 0.6 is 0 Å². The highest BCUT2D eigenvalue weighted by Crippen LogP contribution is 2.18. The van der Waals surface area contributed by atoms with E-state index >= 15 is 0 Å². The lowest BCUT2D eigenvalue weighted by atomic mass is 9.97. The van der Waals surface area contributed by atoms with Crippen molar-refractivity contribution in [3.8, 4) is 0 Å². The second-order valence-corrected chi connectivity index (χ2v) is 5.41. The number of aromatic nitrogens is 3. The highest BCUT2D eigenvalue weighted by Gasteiger charge is 2.27. The van der Waals surface area contributed by atoms with Gasteiger partial charge in [0.15, 0.2) is 11.8 Å². The number of esters is 1. The molecule has 1 aromatic heterocycles. The number of hydrogen-bond acceptors (Lipinski definition) is 5. The van der Waals surface area contributed by atoms with E-state index in [2.05, 4.69) is 25.4 Å². The molecule has 1 fully saturated rings. The van der Waals surface area contributed by atoms with Gasteiger partial charge in [0.05, 0.1) is 19.6 Å². The number of methoxy groups -OCH3 is 1. The van der Waals surface area contributed by atoms with Crippen LogP contribution in [-0.4, -0.2) is 58.8 Å². The first-order valence-corrected chi connectivity index (χ1v) is 7.45. The maximum atomic E-state index is 11.6. The minimum absolute atomic E-state index is 0.000691. The summed E-state index contributed by atoms with van der Waals surface area (Å²) in [6.45, 7) is 4.07. The molecule has 1 saturated heterocycles. The molecule has 0 amide bonds. The van der Waals surface area contributed by atoms with Gasteiger partial charge in [-0.15, -0.1) is 10.2 Å². The minimum atomic E-state index is -0.114. The van der Waals surface area contributed by atoms with Crippen LogP contribution in [0.3, 0.4) is 0 Å². The fourth-order valence-electron chi connectivity index (χ4n) is 2.59. The zero-order chi connectivity index (χ0) is 16.1. The number of nitrogens with one attached hydrogen (secondary N) is 1. The Hall–Kier alpha value is -2.12. The van der Waals surface area contributed by atoms with Crippen LogP contribution in [0.25, 0.3) is 0 Å². The monoisotopic (exact) mass is 308 g/mol. The topological polar surface area (TPSA) is 84.6 Å². The average molecular weight is 308 g/mol. The summed E-state index contributed by atoms with van der Waals surface area (Å²) in [6.07, 6.45) is 1.58. The molecular formula is C14H24N6O2. The lowest BCUT2D eigenvalue weighted by Gasteiger charge is -2.33. The maximum absolute atomic E-state index is 11.6. The van der Waals surface area contributed by atoms with Crippen LogP contribution in [0.15, 0.2) is 4.99 Å². The number of hydrogen-bond donors (Lipinski definition) is 1. The molecule has 1 aromatic rings. The van der Waals surface area contributed by atoms with Crippen LogP contribution in [0.4, 0.5) is 0 Å². The number of guanidine groups is 1. The maximum Gasteiger partial charge on any atom is 0.308 e. The van der Waals surface area contributed by atoms with E-state index in [1.54, 1.807) is 7.05 Å². The Morgan fingerprint density at radius 1 is 1.41 bits per heavy atom. The summed E-state index contributed by atoms with van der Waals surface area (Å²) in [5.41, 5.74) is 0. The summed E-state index contributed by atoms with van der Waals surface area (Å²) in [5, 5.41) is 11.5. The van der Waals surface area contributed by atoms with Crippen LogP contribution in [-0.2, 0) is 23.1 Å². The quantitative estimate of drug-likeness (QED) is 0.484. The number of ether oxygens (including phenoxy) is 1. The lowest BCUT2D eigenvalue weighted by Crippen LogP contribution is -2.46. The number of nitrogens with zero attached hydrogens (tertiary/aromatic N) is 5. The van der Waals surface area contributed by atoms with Crippen molar-refractivity contribution < 1.29 is 9.53 Å². The van der Waals surface area contributed by atoms with Gasteiger partial charge in [0, 0.05) is 27.2 Å². The summed E-state index contributed by atoms with van der Waals surface area (Å²) >= 11 is 0. The number of likely N-dealkylation sites (tertiary alicyclic amines) is 1. The summed E-state index contributed by atoms with van der Waals surface area (Å²) in [4.78, 5) is 18.0. The zero-order valence-corrected chi connectivity index (χ0v) is 13.7. The van der Waals surface area contributed by atoms with Crippen molar-refractivity contribution in [3.63, 3.8) is 0 Å². The van der Waals surface area contributed by atoms with Crippen molar-refractivity contribution in [2.45, 2.75) is 26.3 Å². The number of rotatable bonds is 3. The fourth-order valence-corrected chi connectivity index (χ4v) is 2.59. The molecule has 1 aliphatic rings. The molecule has 0 aromatic carbocycles. The van der Waals surface area contributed by atoms with Gasteiger partial charge >= 0.3 is 5.97 Å². The Morgan fingerprint density at radius 2 is 2.09 bits per heavy atom. The molecule has 1 N–H and O–H groups in total. The van der Waals surface area contributed by atoms with E-state index in [9.17, 15) is 4.79 Å². The third kappa shape index (κ3) is 3.55. The first-order chi connectivity index (χ1) is 10.6. The molecule has 8 heteroatoms. The third-order valence-electron chi connectivity index (χ3n) is 4.13. The summed E-state index contributed by atoms with van der Waals surface area (Å²) < 4.78 is 6.76. The molecule has 8 nitrogen and oxygen atoms in total. The predicted octanol–water partition coefficient (Wildman–Crippen LogP) is 0.0839. The summed E-state index contributed by atoms with van der Waals surface area (Å²) in [5.74, 6) is 2.45. The highest BCUT2D eigenvalue weighted by molar-refractivity contribution is 5.80. The molecule has 0 unspecified atom stereocenters. The highest BCUT2D eigenvalue weighted by atomic mass is 16.5. The molecule has 2 heterocycles. The minimum Gasteiger partial charge on any atom is -0.469 e. The van der Waals surface area contributed by atoms with Gasteiger partial charge in [0.1, 0.15) is 5.82 Å². The van der Waals surface area contributed by atoms with Crippen LogP contribution in [0.5, 0.6) is 0 Å². The van der Waals surface area contributed by atoms with Gasteiger partial charge in [-0.05, 0) is 19.8 Å².